The molecular weight excluding hydrogens is 360 g/mol. The largest absolute Gasteiger partial charge is 0.504 e. The molecule has 3 N–H and O–H groups in total. The Balaban J connectivity index is 2.10. The Morgan fingerprint density at radius 3 is 2.52 bits per heavy atom. The van der Waals surface area contributed by atoms with Gasteiger partial charge in [-0.15, -0.1) is 0 Å². The second-order valence-electron chi connectivity index (χ2n) is 5.96. The number of benzene rings is 1. The first-order valence-electron chi connectivity index (χ1n) is 8.17. The Hall–Kier alpha value is -2.62. The van der Waals surface area contributed by atoms with Gasteiger partial charge in [0.2, 0.25) is 0 Å². The number of hydrogen-bond donors (Lipinski definition) is 3. The normalized spacial score (nSPS) is 28.0. The molecule has 0 radical (unpaired) electrons. The number of carbonyl (C=O) groups excluding carboxylic acids is 2. The van der Waals surface area contributed by atoms with Crippen LogP contribution in [0.5, 0.6) is 11.5 Å². The molecule has 9 nitrogen and oxygen atoms in total. The van der Waals surface area contributed by atoms with Crippen molar-refractivity contribution in [2.75, 3.05) is 7.11 Å². The molecule has 0 spiro atoms. The molecule has 1 saturated heterocycles. The lowest BCUT2D eigenvalue weighted by molar-refractivity contribution is -0.283. The minimum atomic E-state index is -1.57. The highest BCUT2D eigenvalue weighted by atomic mass is 16.7. The van der Waals surface area contributed by atoms with Crippen LogP contribution in [0.1, 0.15) is 19.4 Å². The summed E-state index contributed by atoms with van der Waals surface area (Å²) in [7, 11) is 1.40. The zero-order valence-corrected chi connectivity index (χ0v) is 15.1. The number of carbonyl (C=O) groups is 2. The van der Waals surface area contributed by atoms with Gasteiger partial charge < -0.3 is 34.3 Å². The maximum atomic E-state index is 12.1. The van der Waals surface area contributed by atoms with Crippen LogP contribution < -0.4 is 4.74 Å². The van der Waals surface area contributed by atoms with Gasteiger partial charge >= 0.3 is 11.9 Å². The van der Waals surface area contributed by atoms with Gasteiger partial charge in [-0.25, -0.2) is 4.79 Å². The van der Waals surface area contributed by atoms with Gasteiger partial charge in [-0.05, 0) is 30.7 Å². The lowest BCUT2D eigenvalue weighted by Crippen LogP contribution is -2.59. The number of aliphatic hydroxyl groups excluding tert-OH is 2. The van der Waals surface area contributed by atoms with Crippen LogP contribution in [0.25, 0.3) is 6.08 Å². The standard InChI is InChI=1S/C18H22O9/c1-9-16(17(26-10(2)19)15(22)18(23)25-9)27-14(21)7-5-11-4-6-12(20)13(8-11)24-3/h4-9,15-18,20,22-23H,1-3H3. The second kappa shape index (κ2) is 8.85. The molecule has 27 heavy (non-hydrogen) atoms. The summed E-state index contributed by atoms with van der Waals surface area (Å²) in [5, 5.41) is 29.2. The van der Waals surface area contributed by atoms with Gasteiger partial charge in [-0.3, -0.25) is 4.79 Å². The van der Waals surface area contributed by atoms with Crippen molar-refractivity contribution in [3.8, 4) is 11.5 Å². The highest BCUT2D eigenvalue weighted by molar-refractivity contribution is 5.87. The van der Waals surface area contributed by atoms with E-state index in [1.54, 1.807) is 6.07 Å². The topological polar surface area (TPSA) is 132 Å². The molecule has 5 unspecified atom stereocenters. The maximum absolute atomic E-state index is 12.1. The van der Waals surface area contributed by atoms with Crippen LogP contribution in [0.3, 0.4) is 0 Å². The van der Waals surface area contributed by atoms with Gasteiger partial charge in [-0.2, -0.15) is 0 Å². The molecule has 9 heteroatoms. The third-order valence-corrected chi connectivity index (χ3v) is 3.94. The third-order valence-electron chi connectivity index (χ3n) is 3.94. The monoisotopic (exact) mass is 382 g/mol. The lowest BCUT2D eigenvalue weighted by Gasteiger charge is -2.40. The van der Waals surface area contributed by atoms with Crippen molar-refractivity contribution in [1.29, 1.82) is 0 Å². The molecule has 148 valence electrons. The van der Waals surface area contributed by atoms with Crippen molar-refractivity contribution >= 4 is 18.0 Å². The molecule has 1 aromatic carbocycles. The number of phenolic OH excluding ortho intramolecular Hbond substituents is 1. The predicted molar refractivity (Wildman–Crippen MR) is 91.7 cm³/mol. The summed E-state index contributed by atoms with van der Waals surface area (Å²) in [6, 6.07) is 4.50. The number of methoxy groups -OCH3 is 1. The van der Waals surface area contributed by atoms with Crippen molar-refractivity contribution in [3.05, 3.63) is 29.8 Å². The average molecular weight is 382 g/mol. The van der Waals surface area contributed by atoms with Crippen LogP contribution >= 0.6 is 0 Å². The SMILES string of the molecule is COc1cc(C=CC(=O)OC2C(C)OC(O)C(O)C2OC(C)=O)ccc1O. The molecule has 1 aliphatic rings. The number of rotatable bonds is 5. The fourth-order valence-corrected chi connectivity index (χ4v) is 2.63. The van der Waals surface area contributed by atoms with E-state index in [9.17, 15) is 24.9 Å². The van der Waals surface area contributed by atoms with E-state index in [-0.39, 0.29) is 11.5 Å². The van der Waals surface area contributed by atoms with Gasteiger partial charge in [0.25, 0.3) is 0 Å². The summed E-state index contributed by atoms with van der Waals surface area (Å²) in [4.78, 5) is 23.4. The third kappa shape index (κ3) is 5.19. The first-order valence-corrected chi connectivity index (χ1v) is 8.17. The lowest BCUT2D eigenvalue weighted by atomic mass is 9.99. The van der Waals surface area contributed by atoms with Crippen LogP contribution in [0, 0.1) is 0 Å². The summed E-state index contributed by atoms with van der Waals surface area (Å²) < 4.78 is 20.3. The summed E-state index contributed by atoms with van der Waals surface area (Å²) in [5.74, 6) is -1.27. The smallest absolute Gasteiger partial charge is 0.331 e. The van der Waals surface area contributed by atoms with Crippen LogP contribution in [-0.2, 0) is 23.8 Å². The molecule has 1 fully saturated rings. The van der Waals surface area contributed by atoms with E-state index in [1.165, 1.54) is 32.2 Å². The first-order chi connectivity index (χ1) is 12.7. The number of aromatic hydroxyl groups is 1. The predicted octanol–water partition coefficient (Wildman–Crippen LogP) is 0.355. The van der Waals surface area contributed by atoms with Gasteiger partial charge in [0, 0.05) is 13.0 Å². The summed E-state index contributed by atoms with van der Waals surface area (Å²) in [6.07, 6.45) is -3.77. The average Bonchev–Trinajstić information content (AvgIpc) is 2.61. The molecule has 0 bridgehead atoms. The van der Waals surface area contributed by atoms with E-state index >= 15 is 0 Å². The second-order valence-corrected chi connectivity index (χ2v) is 5.96. The minimum absolute atomic E-state index is 0.0397. The Kier molecular flexibility index (Phi) is 6.78. The molecule has 0 amide bonds. The van der Waals surface area contributed by atoms with E-state index < -0.39 is 42.6 Å². The fourth-order valence-electron chi connectivity index (χ4n) is 2.63. The summed E-state index contributed by atoms with van der Waals surface area (Å²) in [6.45, 7) is 2.65. The number of aliphatic hydroxyl groups is 2. The Bertz CT molecular complexity index is 715. The van der Waals surface area contributed by atoms with E-state index in [2.05, 4.69) is 0 Å². The Labute approximate surface area is 155 Å². The quantitative estimate of drug-likeness (QED) is 0.488. The summed E-state index contributed by atoms with van der Waals surface area (Å²) in [5.41, 5.74) is 0.571. The molecule has 2 rings (SSSR count). The Morgan fingerprint density at radius 2 is 1.89 bits per heavy atom. The number of hydrogen-bond acceptors (Lipinski definition) is 9. The number of phenols is 1. The van der Waals surface area contributed by atoms with Gasteiger partial charge in [0.15, 0.2) is 30.0 Å². The van der Waals surface area contributed by atoms with Crippen molar-refractivity contribution < 1.29 is 43.9 Å². The maximum Gasteiger partial charge on any atom is 0.331 e. The van der Waals surface area contributed by atoms with Crippen molar-refractivity contribution in [3.63, 3.8) is 0 Å². The first kappa shape index (κ1) is 20.7. The molecule has 1 aromatic rings. The van der Waals surface area contributed by atoms with Crippen LogP contribution in [0.4, 0.5) is 0 Å². The van der Waals surface area contributed by atoms with Crippen molar-refractivity contribution in [2.45, 2.75) is 44.6 Å². The van der Waals surface area contributed by atoms with Crippen molar-refractivity contribution in [1.82, 2.24) is 0 Å². The number of esters is 2. The van der Waals surface area contributed by atoms with Gasteiger partial charge in [0.05, 0.1) is 13.2 Å². The molecule has 5 atom stereocenters. The van der Waals surface area contributed by atoms with Crippen LogP contribution in [-0.4, -0.2) is 65.1 Å². The molecule has 1 heterocycles. The van der Waals surface area contributed by atoms with E-state index in [0.717, 1.165) is 13.0 Å². The summed E-state index contributed by atoms with van der Waals surface area (Å²) >= 11 is 0. The zero-order chi connectivity index (χ0) is 20.1. The number of ether oxygens (including phenoxy) is 4. The van der Waals surface area contributed by atoms with E-state index in [4.69, 9.17) is 18.9 Å². The Morgan fingerprint density at radius 1 is 1.19 bits per heavy atom. The fraction of sp³-hybridized carbons (Fsp3) is 0.444. The van der Waals surface area contributed by atoms with Crippen molar-refractivity contribution in [2.24, 2.45) is 0 Å². The molecule has 0 aliphatic carbocycles. The van der Waals surface area contributed by atoms with Gasteiger partial charge in [0.1, 0.15) is 6.10 Å². The van der Waals surface area contributed by atoms with Crippen LogP contribution in [0.15, 0.2) is 24.3 Å². The van der Waals surface area contributed by atoms with E-state index in [1.807, 2.05) is 0 Å². The highest BCUT2D eigenvalue weighted by Gasteiger charge is 2.47. The molecule has 0 aromatic heterocycles. The minimum Gasteiger partial charge on any atom is -0.504 e. The zero-order valence-electron chi connectivity index (χ0n) is 15.1. The van der Waals surface area contributed by atoms with Gasteiger partial charge in [-0.1, -0.05) is 6.07 Å². The highest BCUT2D eigenvalue weighted by Crippen LogP contribution is 2.27. The molecule has 0 saturated carbocycles. The molecule has 1 aliphatic heterocycles. The van der Waals surface area contributed by atoms with E-state index in [0.29, 0.717) is 5.56 Å². The van der Waals surface area contributed by atoms with Crippen LogP contribution in [0.2, 0.25) is 0 Å². The molecular formula is C18H22O9.